The van der Waals surface area contributed by atoms with Crippen molar-refractivity contribution in [2.45, 2.75) is 25.8 Å². The molecule has 0 bridgehead atoms. The minimum absolute atomic E-state index is 0. The van der Waals surface area contributed by atoms with Gasteiger partial charge in [-0.1, -0.05) is 6.07 Å². The van der Waals surface area contributed by atoms with Crippen molar-refractivity contribution >= 4 is 42.1 Å². The molecule has 128 valence electrons. The Kier molecular flexibility index (Phi) is 12.0. The van der Waals surface area contributed by atoms with Crippen LogP contribution in [0.3, 0.4) is 0 Å². The van der Waals surface area contributed by atoms with Gasteiger partial charge in [0.25, 0.3) is 0 Å². The highest BCUT2D eigenvalue weighted by Crippen LogP contribution is 2.19. The maximum atomic E-state index is 11.6. The van der Waals surface area contributed by atoms with Gasteiger partial charge in [0.15, 0.2) is 0 Å². The van der Waals surface area contributed by atoms with Crippen LogP contribution in [0.4, 0.5) is 0 Å². The van der Waals surface area contributed by atoms with Crippen molar-refractivity contribution in [2.24, 2.45) is 5.92 Å². The van der Waals surface area contributed by atoms with Crippen LogP contribution in [0.1, 0.15) is 24.1 Å². The number of rotatable bonds is 7. The number of carbonyl (C=O) groups excluding carboxylic acids is 1. The molecule has 4 nitrogen and oxygen atoms in total. The molecule has 22 heavy (non-hydrogen) atoms. The Labute approximate surface area is 149 Å². The Balaban J connectivity index is 0.00000220. The topological polar surface area (TPSA) is 44.4 Å². The zero-order valence-corrected chi connectivity index (χ0v) is 15.5. The molecule has 1 aromatic heterocycles. The fraction of sp³-hybridized carbons (Fsp3) is 0.667. The van der Waals surface area contributed by atoms with Gasteiger partial charge in [-0.05, 0) is 43.8 Å². The summed E-state index contributed by atoms with van der Waals surface area (Å²) in [5.41, 5.74) is 0. The van der Waals surface area contributed by atoms with Crippen LogP contribution in [0.2, 0.25) is 0 Å². The van der Waals surface area contributed by atoms with E-state index >= 15 is 0 Å². The average molecular weight is 368 g/mol. The van der Waals surface area contributed by atoms with E-state index in [-0.39, 0.29) is 30.7 Å². The highest BCUT2D eigenvalue weighted by Gasteiger charge is 2.20. The fourth-order valence-electron chi connectivity index (χ4n) is 2.67. The number of hydrogen-bond acceptors (Lipinski definition) is 4. The SMILES string of the molecule is CNCCC(=O)NCC1CCCN(Cc2cccs2)C1.Cl.Cl. The Morgan fingerprint density at radius 1 is 1.45 bits per heavy atom. The monoisotopic (exact) mass is 367 g/mol. The van der Waals surface area contributed by atoms with Crippen molar-refractivity contribution in [3.63, 3.8) is 0 Å². The Hall–Kier alpha value is -0.330. The lowest BCUT2D eigenvalue weighted by atomic mass is 9.98. The first-order valence-electron chi connectivity index (χ1n) is 7.44. The summed E-state index contributed by atoms with van der Waals surface area (Å²) in [6.07, 6.45) is 3.04. The molecule has 1 aromatic rings. The molecule has 2 N–H and O–H groups in total. The van der Waals surface area contributed by atoms with Crippen molar-refractivity contribution in [3.05, 3.63) is 22.4 Å². The summed E-state index contributed by atoms with van der Waals surface area (Å²) in [7, 11) is 1.87. The summed E-state index contributed by atoms with van der Waals surface area (Å²) < 4.78 is 0. The molecule has 1 amide bonds. The van der Waals surface area contributed by atoms with E-state index in [0.29, 0.717) is 12.3 Å². The molecule has 0 saturated carbocycles. The molecule has 2 rings (SSSR count). The van der Waals surface area contributed by atoms with Gasteiger partial charge >= 0.3 is 0 Å². The number of likely N-dealkylation sites (tertiary alicyclic amines) is 1. The van der Waals surface area contributed by atoms with E-state index < -0.39 is 0 Å². The second-order valence-electron chi connectivity index (χ2n) is 5.48. The minimum atomic E-state index is 0. The lowest BCUT2D eigenvalue weighted by Gasteiger charge is -2.32. The van der Waals surface area contributed by atoms with Crippen LogP contribution in [0.25, 0.3) is 0 Å². The largest absolute Gasteiger partial charge is 0.356 e. The lowest BCUT2D eigenvalue weighted by molar-refractivity contribution is -0.121. The third kappa shape index (κ3) is 7.79. The molecular formula is C15H27Cl2N3OS. The van der Waals surface area contributed by atoms with Gasteiger partial charge < -0.3 is 10.6 Å². The Morgan fingerprint density at radius 3 is 2.95 bits per heavy atom. The summed E-state index contributed by atoms with van der Waals surface area (Å²) in [5, 5.41) is 8.20. The summed E-state index contributed by atoms with van der Waals surface area (Å²) in [4.78, 5) is 15.6. The quantitative estimate of drug-likeness (QED) is 0.778. The Bertz CT molecular complexity index is 404. The molecule has 2 heterocycles. The summed E-state index contributed by atoms with van der Waals surface area (Å²) in [6, 6.07) is 4.32. The predicted octanol–water partition coefficient (Wildman–Crippen LogP) is 2.53. The average Bonchev–Trinajstić information content (AvgIpc) is 2.96. The van der Waals surface area contributed by atoms with Crippen LogP contribution in [0.15, 0.2) is 17.5 Å². The van der Waals surface area contributed by atoms with Gasteiger partial charge in [-0.2, -0.15) is 0 Å². The predicted molar refractivity (Wildman–Crippen MR) is 98.4 cm³/mol. The molecule has 1 aliphatic rings. The molecule has 1 saturated heterocycles. The van der Waals surface area contributed by atoms with Crippen molar-refractivity contribution in [1.82, 2.24) is 15.5 Å². The van der Waals surface area contributed by atoms with Crippen LogP contribution < -0.4 is 10.6 Å². The molecule has 0 aromatic carbocycles. The number of amides is 1. The maximum absolute atomic E-state index is 11.6. The summed E-state index contributed by atoms with van der Waals surface area (Å²) in [6.45, 7) is 4.92. The van der Waals surface area contributed by atoms with Gasteiger partial charge in [-0.25, -0.2) is 0 Å². The van der Waals surface area contributed by atoms with Gasteiger partial charge in [0, 0.05) is 37.5 Å². The minimum Gasteiger partial charge on any atom is -0.356 e. The number of nitrogens with one attached hydrogen (secondary N) is 2. The molecule has 1 unspecified atom stereocenters. The highest BCUT2D eigenvalue weighted by atomic mass is 35.5. The molecule has 0 spiro atoms. The first kappa shape index (κ1) is 21.7. The van der Waals surface area contributed by atoms with Gasteiger partial charge in [0.2, 0.25) is 5.91 Å². The van der Waals surface area contributed by atoms with E-state index in [1.54, 1.807) is 0 Å². The van der Waals surface area contributed by atoms with Crippen LogP contribution >= 0.6 is 36.2 Å². The maximum Gasteiger partial charge on any atom is 0.221 e. The fourth-order valence-corrected chi connectivity index (χ4v) is 3.42. The molecule has 1 aliphatic heterocycles. The molecule has 0 radical (unpaired) electrons. The first-order chi connectivity index (χ1) is 9.78. The number of halogens is 2. The zero-order valence-electron chi connectivity index (χ0n) is 13.0. The van der Waals surface area contributed by atoms with E-state index in [0.717, 1.165) is 26.2 Å². The Morgan fingerprint density at radius 2 is 2.27 bits per heavy atom. The van der Waals surface area contributed by atoms with Crippen LogP contribution in [-0.2, 0) is 11.3 Å². The molecular weight excluding hydrogens is 341 g/mol. The smallest absolute Gasteiger partial charge is 0.221 e. The van der Waals surface area contributed by atoms with E-state index in [2.05, 4.69) is 33.0 Å². The number of thiophene rings is 1. The van der Waals surface area contributed by atoms with Crippen molar-refractivity contribution < 1.29 is 4.79 Å². The normalized spacial score (nSPS) is 18.1. The third-order valence-corrected chi connectivity index (χ3v) is 4.61. The van der Waals surface area contributed by atoms with Gasteiger partial charge in [-0.15, -0.1) is 36.2 Å². The number of nitrogens with zero attached hydrogens (tertiary/aromatic N) is 1. The van der Waals surface area contributed by atoms with Gasteiger partial charge in [0.05, 0.1) is 0 Å². The van der Waals surface area contributed by atoms with Crippen molar-refractivity contribution in [3.8, 4) is 0 Å². The van der Waals surface area contributed by atoms with Crippen LogP contribution in [0.5, 0.6) is 0 Å². The first-order valence-corrected chi connectivity index (χ1v) is 8.32. The van der Waals surface area contributed by atoms with Crippen molar-refractivity contribution in [1.29, 1.82) is 0 Å². The number of hydrogen-bond donors (Lipinski definition) is 2. The second-order valence-corrected chi connectivity index (χ2v) is 6.51. The standard InChI is InChI=1S/C15H25N3OS.2ClH/c1-16-7-6-15(19)17-10-13-4-2-8-18(11-13)12-14-5-3-9-20-14;;/h3,5,9,13,16H,2,4,6-8,10-12H2,1H3,(H,17,19);2*1H. The number of carbonyl (C=O) groups is 1. The van der Waals surface area contributed by atoms with E-state index in [1.807, 2.05) is 18.4 Å². The zero-order chi connectivity index (χ0) is 14.2. The van der Waals surface area contributed by atoms with Crippen LogP contribution in [-0.4, -0.2) is 44.0 Å². The summed E-state index contributed by atoms with van der Waals surface area (Å²) >= 11 is 1.83. The van der Waals surface area contributed by atoms with Crippen molar-refractivity contribution in [2.75, 3.05) is 33.2 Å². The second kappa shape index (κ2) is 12.1. The third-order valence-electron chi connectivity index (χ3n) is 3.75. The van der Waals surface area contributed by atoms with E-state index in [4.69, 9.17) is 0 Å². The highest BCUT2D eigenvalue weighted by molar-refractivity contribution is 7.09. The van der Waals surface area contributed by atoms with Crippen LogP contribution in [0, 0.1) is 5.92 Å². The number of piperidine rings is 1. The lowest BCUT2D eigenvalue weighted by Crippen LogP contribution is -2.40. The molecule has 7 heteroatoms. The van der Waals surface area contributed by atoms with Gasteiger partial charge in [-0.3, -0.25) is 9.69 Å². The summed E-state index contributed by atoms with van der Waals surface area (Å²) in [5.74, 6) is 0.761. The van der Waals surface area contributed by atoms with Gasteiger partial charge in [0.1, 0.15) is 0 Å². The van der Waals surface area contributed by atoms with E-state index in [1.165, 1.54) is 24.3 Å². The molecule has 1 atom stereocenters. The molecule has 0 aliphatic carbocycles. The molecule has 1 fully saturated rings. The van der Waals surface area contributed by atoms with E-state index in [9.17, 15) is 4.79 Å².